The summed E-state index contributed by atoms with van der Waals surface area (Å²) >= 11 is 0. The number of aryl methyl sites for hydroxylation is 1. The van der Waals surface area contributed by atoms with Crippen LogP contribution in [0.4, 0.5) is 26.3 Å². The van der Waals surface area contributed by atoms with Gasteiger partial charge in [0.1, 0.15) is 6.54 Å². The fourth-order valence-corrected chi connectivity index (χ4v) is 3.49. The van der Waals surface area contributed by atoms with E-state index in [-0.39, 0.29) is 16.3 Å². The highest BCUT2D eigenvalue weighted by Crippen LogP contribution is 2.34. The predicted molar refractivity (Wildman–Crippen MR) is 71.3 cm³/mol. The number of sulfonamides is 1. The van der Waals surface area contributed by atoms with E-state index < -0.39 is 45.9 Å². The Morgan fingerprint density at radius 2 is 1.65 bits per heavy atom. The summed E-state index contributed by atoms with van der Waals surface area (Å²) < 4.78 is 101. The fourth-order valence-electron chi connectivity index (χ4n) is 1.95. The van der Waals surface area contributed by atoms with Crippen LogP contribution in [0, 0.1) is 6.92 Å². The molecule has 132 valence electrons. The largest absolute Gasteiger partial charge is 0.416 e. The van der Waals surface area contributed by atoms with Crippen LogP contribution in [0.3, 0.4) is 0 Å². The zero-order valence-corrected chi connectivity index (χ0v) is 13.1. The van der Waals surface area contributed by atoms with Gasteiger partial charge in [0.25, 0.3) is 0 Å². The molecule has 0 radical (unpaired) electrons. The van der Waals surface area contributed by atoms with Crippen molar-refractivity contribution in [1.82, 2.24) is 4.31 Å². The summed E-state index contributed by atoms with van der Waals surface area (Å²) in [6, 6.07) is 2.16. The van der Waals surface area contributed by atoms with Gasteiger partial charge in [0.15, 0.2) is 0 Å². The lowest BCUT2D eigenvalue weighted by Gasteiger charge is -2.23. The molecule has 0 N–H and O–H groups in total. The first kappa shape index (κ1) is 19.8. The van der Waals surface area contributed by atoms with Gasteiger partial charge < -0.3 is 0 Å². The molecule has 0 bridgehead atoms. The second-order valence-corrected chi connectivity index (χ2v) is 6.87. The van der Waals surface area contributed by atoms with Gasteiger partial charge in [-0.05, 0) is 31.0 Å². The zero-order chi connectivity index (χ0) is 18.1. The van der Waals surface area contributed by atoms with Crippen molar-refractivity contribution >= 4 is 10.0 Å². The van der Waals surface area contributed by atoms with Crippen molar-refractivity contribution in [2.24, 2.45) is 0 Å². The van der Waals surface area contributed by atoms with Crippen LogP contribution in [0.2, 0.25) is 0 Å². The maximum absolute atomic E-state index is 12.8. The van der Waals surface area contributed by atoms with Crippen molar-refractivity contribution in [1.29, 1.82) is 0 Å². The van der Waals surface area contributed by atoms with E-state index in [4.69, 9.17) is 0 Å². The van der Waals surface area contributed by atoms with Crippen molar-refractivity contribution < 1.29 is 34.8 Å². The van der Waals surface area contributed by atoms with Crippen LogP contribution in [0.25, 0.3) is 0 Å². The zero-order valence-electron chi connectivity index (χ0n) is 12.3. The Labute approximate surface area is 129 Å². The predicted octanol–water partition coefficient (Wildman–Crippen LogP) is 3.98. The Bertz CT molecular complexity index is 651. The van der Waals surface area contributed by atoms with Gasteiger partial charge in [0.2, 0.25) is 10.0 Å². The van der Waals surface area contributed by atoms with Gasteiger partial charge in [0.05, 0.1) is 10.5 Å². The number of alkyl halides is 6. The Hall–Kier alpha value is -1.29. The second kappa shape index (κ2) is 6.68. The summed E-state index contributed by atoms with van der Waals surface area (Å²) in [6.45, 7) is 0.406. The Morgan fingerprint density at radius 3 is 2.09 bits per heavy atom. The Kier molecular flexibility index (Phi) is 5.74. The van der Waals surface area contributed by atoms with Crippen LogP contribution in [0.15, 0.2) is 23.1 Å². The number of hydrogen-bond donors (Lipinski definition) is 0. The van der Waals surface area contributed by atoms with Crippen molar-refractivity contribution in [2.75, 3.05) is 13.1 Å². The van der Waals surface area contributed by atoms with Crippen LogP contribution < -0.4 is 0 Å². The van der Waals surface area contributed by atoms with Crippen LogP contribution in [-0.2, 0) is 16.2 Å². The first-order valence-electron chi connectivity index (χ1n) is 6.54. The van der Waals surface area contributed by atoms with Crippen molar-refractivity contribution in [3.05, 3.63) is 29.3 Å². The average molecular weight is 363 g/mol. The molecule has 0 saturated heterocycles. The molecule has 0 saturated carbocycles. The number of hydrogen-bond acceptors (Lipinski definition) is 2. The molecule has 1 rings (SSSR count). The van der Waals surface area contributed by atoms with Crippen LogP contribution in [0.1, 0.15) is 24.5 Å². The summed E-state index contributed by atoms with van der Waals surface area (Å²) in [7, 11) is -4.68. The van der Waals surface area contributed by atoms with E-state index in [0.29, 0.717) is 6.07 Å². The van der Waals surface area contributed by atoms with Gasteiger partial charge in [-0.2, -0.15) is 30.6 Å². The van der Waals surface area contributed by atoms with Crippen molar-refractivity contribution in [3.63, 3.8) is 0 Å². The van der Waals surface area contributed by atoms with E-state index in [9.17, 15) is 34.8 Å². The van der Waals surface area contributed by atoms with Gasteiger partial charge in [-0.15, -0.1) is 0 Å². The first-order valence-corrected chi connectivity index (χ1v) is 7.98. The fraction of sp³-hybridized carbons (Fsp3) is 0.538. The summed E-state index contributed by atoms with van der Waals surface area (Å²) in [6.07, 6.45) is -9.50. The normalized spacial score (nSPS) is 13.6. The molecule has 0 amide bonds. The van der Waals surface area contributed by atoms with Crippen molar-refractivity contribution in [2.45, 2.75) is 37.5 Å². The van der Waals surface area contributed by atoms with Gasteiger partial charge in [-0.1, -0.05) is 13.0 Å². The molecule has 10 heteroatoms. The molecule has 0 aromatic heterocycles. The van der Waals surface area contributed by atoms with E-state index in [1.165, 1.54) is 6.92 Å². The minimum atomic E-state index is -4.80. The van der Waals surface area contributed by atoms with Gasteiger partial charge in [0, 0.05) is 6.54 Å². The van der Waals surface area contributed by atoms with E-state index in [2.05, 4.69) is 0 Å². The lowest BCUT2D eigenvalue weighted by atomic mass is 10.1. The topological polar surface area (TPSA) is 37.4 Å². The van der Waals surface area contributed by atoms with Gasteiger partial charge in [-0.25, -0.2) is 8.42 Å². The highest BCUT2D eigenvalue weighted by Gasteiger charge is 2.38. The van der Waals surface area contributed by atoms with Crippen LogP contribution >= 0.6 is 0 Å². The number of benzene rings is 1. The first-order chi connectivity index (χ1) is 10.3. The molecule has 0 heterocycles. The molecular weight excluding hydrogens is 348 g/mol. The monoisotopic (exact) mass is 363 g/mol. The molecular formula is C13H15F6NO2S. The SMILES string of the molecule is CCCN(CC(F)(F)F)S(=O)(=O)c1ccc(C)c(C(F)(F)F)c1. The molecule has 0 aliphatic rings. The molecule has 0 spiro atoms. The van der Waals surface area contributed by atoms with Crippen molar-refractivity contribution in [3.8, 4) is 0 Å². The summed E-state index contributed by atoms with van der Waals surface area (Å²) in [5.41, 5.74) is -1.41. The van der Waals surface area contributed by atoms with Crippen LogP contribution in [0.5, 0.6) is 0 Å². The van der Waals surface area contributed by atoms with Gasteiger partial charge >= 0.3 is 12.4 Å². The third-order valence-corrected chi connectivity index (χ3v) is 4.82. The molecule has 0 fully saturated rings. The highest BCUT2D eigenvalue weighted by atomic mass is 32.2. The number of nitrogens with zero attached hydrogens (tertiary/aromatic N) is 1. The van der Waals surface area contributed by atoms with Crippen LogP contribution in [-0.4, -0.2) is 32.0 Å². The second-order valence-electron chi connectivity index (χ2n) is 4.93. The average Bonchev–Trinajstić information content (AvgIpc) is 2.35. The van der Waals surface area contributed by atoms with Gasteiger partial charge in [-0.3, -0.25) is 0 Å². The van der Waals surface area contributed by atoms with E-state index >= 15 is 0 Å². The molecule has 1 aromatic rings. The smallest absolute Gasteiger partial charge is 0.207 e. The molecule has 0 aliphatic carbocycles. The molecule has 23 heavy (non-hydrogen) atoms. The summed E-state index contributed by atoms with van der Waals surface area (Å²) in [5.74, 6) is 0. The number of halogens is 6. The third-order valence-electron chi connectivity index (χ3n) is 2.98. The van der Waals surface area contributed by atoms with E-state index in [1.807, 2.05) is 0 Å². The Morgan fingerprint density at radius 1 is 1.09 bits per heavy atom. The highest BCUT2D eigenvalue weighted by molar-refractivity contribution is 7.89. The van der Waals surface area contributed by atoms with E-state index in [1.54, 1.807) is 0 Å². The molecule has 0 atom stereocenters. The summed E-state index contributed by atoms with van der Waals surface area (Å²) in [4.78, 5) is -0.812. The molecule has 3 nitrogen and oxygen atoms in total. The lowest BCUT2D eigenvalue weighted by molar-refractivity contribution is -0.138. The number of rotatable bonds is 5. The maximum Gasteiger partial charge on any atom is 0.416 e. The quantitative estimate of drug-likeness (QED) is 0.742. The standard InChI is InChI=1S/C13H15F6NO2S/c1-3-6-20(8-12(14,15)16)23(21,22)10-5-4-9(2)11(7-10)13(17,18)19/h4-5,7H,3,6,8H2,1-2H3. The summed E-state index contributed by atoms with van der Waals surface area (Å²) in [5, 5.41) is 0. The molecule has 0 unspecified atom stereocenters. The molecule has 0 aliphatic heterocycles. The molecule has 1 aromatic carbocycles. The van der Waals surface area contributed by atoms with E-state index in [0.717, 1.165) is 19.1 Å². The Balaban J connectivity index is 3.35. The third kappa shape index (κ3) is 5.10. The minimum Gasteiger partial charge on any atom is -0.207 e. The lowest BCUT2D eigenvalue weighted by Crippen LogP contribution is -2.39. The minimum absolute atomic E-state index is 0.0906. The maximum atomic E-state index is 12.8.